The fourth-order valence-corrected chi connectivity index (χ4v) is 3.86. The normalized spacial score (nSPS) is 10.7. The number of hydrogen-bond donors (Lipinski definition) is 1. The van der Waals surface area contributed by atoms with Crippen LogP contribution in [0, 0.1) is 13.8 Å². The third-order valence-electron chi connectivity index (χ3n) is 4.31. The van der Waals surface area contributed by atoms with Crippen molar-refractivity contribution in [1.29, 1.82) is 0 Å². The molecule has 1 amide bonds. The molecule has 0 radical (unpaired) electrons. The fourth-order valence-electron chi connectivity index (χ4n) is 2.59. The number of anilines is 1. The average Bonchev–Trinajstić information content (AvgIpc) is 3.36. The molecule has 0 spiro atoms. The van der Waals surface area contributed by atoms with E-state index in [1.807, 2.05) is 43.5 Å². The lowest BCUT2D eigenvalue weighted by Gasteiger charge is -2.06. The van der Waals surface area contributed by atoms with Gasteiger partial charge in [-0.2, -0.15) is 8.75 Å². The highest BCUT2D eigenvalue weighted by Crippen LogP contribution is 2.25. The summed E-state index contributed by atoms with van der Waals surface area (Å²) in [5, 5.41) is 5.36. The lowest BCUT2D eigenvalue weighted by molar-refractivity contribution is 0.102. The molecule has 2 heterocycles. The van der Waals surface area contributed by atoms with Gasteiger partial charge in [0.2, 0.25) is 0 Å². The number of nitrogens with one attached hydrogen (secondary N) is 1. The van der Waals surface area contributed by atoms with Crippen molar-refractivity contribution in [2.75, 3.05) is 5.32 Å². The molecule has 146 valence electrons. The average molecular weight is 423 g/mol. The molecular formula is C21H18N4O2S2. The Balaban J connectivity index is 1.37. The highest BCUT2D eigenvalue weighted by atomic mass is 32.1. The molecule has 0 aliphatic rings. The summed E-state index contributed by atoms with van der Waals surface area (Å²) in [5.74, 6) is 0.464. The van der Waals surface area contributed by atoms with Crippen molar-refractivity contribution in [3.8, 4) is 17.0 Å². The summed E-state index contributed by atoms with van der Waals surface area (Å²) in [6.45, 7) is 4.30. The molecule has 0 atom stereocenters. The molecule has 0 saturated carbocycles. The zero-order valence-electron chi connectivity index (χ0n) is 15.9. The first kappa shape index (κ1) is 19.2. The highest BCUT2D eigenvalue weighted by molar-refractivity contribution is 7.14. The number of aryl methyl sites for hydroxylation is 2. The van der Waals surface area contributed by atoms with Crippen molar-refractivity contribution in [3.05, 3.63) is 76.4 Å². The molecule has 8 heteroatoms. The summed E-state index contributed by atoms with van der Waals surface area (Å²) in [7, 11) is 0. The van der Waals surface area contributed by atoms with E-state index in [-0.39, 0.29) is 5.91 Å². The lowest BCUT2D eigenvalue weighted by atomic mass is 10.1. The Morgan fingerprint density at radius 1 is 1.03 bits per heavy atom. The molecule has 4 rings (SSSR count). The van der Waals surface area contributed by atoms with E-state index in [0.717, 1.165) is 22.6 Å². The predicted octanol–water partition coefficient (Wildman–Crippen LogP) is 5.11. The smallest absolute Gasteiger partial charge is 0.257 e. The van der Waals surface area contributed by atoms with E-state index in [0.29, 0.717) is 23.1 Å². The maximum Gasteiger partial charge on any atom is 0.257 e. The Bertz CT molecular complexity index is 1120. The quantitative estimate of drug-likeness (QED) is 0.467. The number of rotatable bonds is 6. The Kier molecular flexibility index (Phi) is 5.64. The number of ether oxygens (including phenoxy) is 1. The van der Waals surface area contributed by atoms with E-state index in [1.165, 1.54) is 28.6 Å². The number of thiazole rings is 1. The number of hydrogen-bond acceptors (Lipinski definition) is 7. The van der Waals surface area contributed by atoms with Gasteiger partial charge in [0.25, 0.3) is 5.91 Å². The highest BCUT2D eigenvalue weighted by Gasteiger charge is 2.11. The van der Waals surface area contributed by atoms with Crippen LogP contribution < -0.4 is 10.1 Å². The number of carbonyl (C=O) groups is 1. The van der Waals surface area contributed by atoms with Crippen molar-refractivity contribution >= 4 is 34.1 Å². The topological polar surface area (TPSA) is 77.0 Å². The molecule has 0 bridgehead atoms. The molecule has 2 aromatic heterocycles. The number of aromatic nitrogens is 3. The monoisotopic (exact) mass is 422 g/mol. The zero-order chi connectivity index (χ0) is 20.2. The van der Waals surface area contributed by atoms with Gasteiger partial charge in [-0.15, -0.1) is 11.3 Å². The minimum absolute atomic E-state index is 0.207. The van der Waals surface area contributed by atoms with E-state index in [4.69, 9.17) is 4.74 Å². The molecule has 0 unspecified atom stereocenters. The van der Waals surface area contributed by atoms with E-state index in [2.05, 4.69) is 19.0 Å². The Morgan fingerprint density at radius 2 is 1.79 bits per heavy atom. The number of benzene rings is 2. The van der Waals surface area contributed by atoms with Gasteiger partial charge in [0, 0.05) is 16.5 Å². The minimum Gasteiger partial charge on any atom is -0.487 e. The van der Waals surface area contributed by atoms with Crippen molar-refractivity contribution in [1.82, 2.24) is 13.7 Å². The first-order valence-corrected chi connectivity index (χ1v) is 10.5. The molecule has 2 aromatic carbocycles. The van der Waals surface area contributed by atoms with Crippen molar-refractivity contribution in [2.24, 2.45) is 0 Å². The molecule has 0 aliphatic carbocycles. The molecule has 0 fully saturated rings. The van der Waals surface area contributed by atoms with Crippen LogP contribution >= 0.6 is 23.1 Å². The van der Waals surface area contributed by atoms with Crippen LogP contribution in [0.5, 0.6) is 5.75 Å². The van der Waals surface area contributed by atoms with Crippen molar-refractivity contribution in [2.45, 2.75) is 20.5 Å². The van der Waals surface area contributed by atoms with Crippen molar-refractivity contribution in [3.63, 3.8) is 0 Å². The zero-order valence-corrected chi connectivity index (χ0v) is 17.5. The SMILES string of the molecule is Cc1ccc(-c2csc(NC(=O)c3ccc(OCc4nsnc4C)cc3)n2)cc1. The molecular weight excluding hydrogens is 404 g/mol. The van der Waals surface area contributed by atoms with Gasteiger partial charge in [0.1, 0.15) is 18.1 Å². The summed E-state index contributed by atoms with van der Waals surface area (Å²) < 4.78 is 14.0. The summed E-state index contributed by atoms with van der Waals surface area (Å²) >= 11 is 2.57. The predicted molar refractivity (Wildman–Crippen MR) is 116 cm³/mol. The van der Waals surface area contributed by atoms with Crippen LogP contribution in [-0.2, 0) is 6.61 Å². The van der Waals surface area contributed by atoms with Gasteiger partial charge in [-0.25, -0.2) is 4.98 Å². The fraction of sp³-hybridized carbons (Fsp3) is 0.143. The van der Waals surface area contributed by atoms with Gasteiger partial charge in [-0.1, -0.05) is 29.8 Å². The summed E-state index contributed by atoms with van der Waals surface area (Å²) in [4.78, 5) is 17.0. The molecule has 1 N–H and O–H groups in total. The third kappa shape index (κ3) is 4.67. The van der Waals surface area contributed by atoms with Crippen LogP contribution in [0.25, 0.3) is 11.3 Å². The number of nitrogens with zero attached hydrogens (tertiary/aromatic N) is 3. The largest absolute Gasteiger partial charge is 0.487 e. The second-order valence-corrected chi connectivity index (χ2v) is 7.85. The van der Waals surface area contributed by atoms with E-state index in [9.17, 15) is 4.79 Å². The molecule has 4 aromatic rings. The van der Waals surface area contributed by atoms with Crippen LogP contribution in [0.15, 0.2) is 53.9 Å². The van der Waals surface area contributed by atoms with E-state index in [1.54, 1.807) is 24.3 Å². The molecule has 0 aliphatic heterocycles. The maximum atomic E-state index is 12.5. The number of carbonyl (C=O) groups excluding carboxylic acids is 1. The molecule has 29 heavy (non-hydrogen) atoms. The third-order valence-corrected chi connectivity index (χ3v) is 5.73. The lowest BCUT2D eigenvalue weighted by Crippen LogP contribution is -2.11. The van der Waals surface area contributed by atoms with E-state index < -0.39 is 0 Å². The van der Waals surface area contributed by atoms with E-state index >= 15 is 0 Å². The van der Waals surface area contributed by atoms with Gasteiger partial charge in [0.15, 0.2) is 5.13 Å². The standard InChI is InChI=1S/C21H18N4O2S2/c1-13-3-5-15(6-4-13)19-12-28-21(22-19)23-20(26)16-7-9-17(10-8-16)27-11-18-14(2)24-29-25-18/h3-10,12H,11H2,1-2H3,(H,22,23,26). The second-order valence-electron chi connectivity index (χ2n) is 6.47. The minimum atomic E-state index is -0.207. The van der Waals surface area contributed by atoms with Crippen LogP contribution in [0.3, 0.4) is 0 Å². The Hall–Kier alpha value is -3.10. The molecule has 6 nitrogen and oxygen atoms in total. The number of amides is 1. The van der Waals surface area contributed by atoms with Crippen LogP contribution in [0.1, 0.15) is 27.3 Å². The van der Waals surface area contributed by atoms with Crippen molar-refractivity contribution < 1.29 is 9.53 Å². The Labute approximate surface area is 176 Å². The van der Waals surface area contributed by atoms with Gasteiger partial charge in [0.05, 0.1) is 23.1 Å². The van der Waals surface area contributed by atoms with Crippen LogP contribution in [0.4, 0.5) is 5.13 Å². The molecule has 0 saturated heterocycles. The summed E-state index contributed by atoms with van der Waals surface area (Å²) in [6.07, 6.45) is 0. The summed E-state index contributed by atoms with van der Waals surface area (Å²) in [6, 6.07) is 15.1. The summed E-state index contributed by atoms with van der Waals surface area (Å²) in [5.41, 5.74) is 5.31. The first-order valence-electron chi connectivity index (χ1n) is 8.93. The van der Waals surface area contributed by atoms with Crippen LogP contribution in [0.2, 0.25) is 0 Å². The second kappa shape index (κ2) is 8.50. The first-order chi connectivity index (χ1) is 14.1. The van der Waals surface area contributed by atoms with Gasteiger partial charge < -0.3 is 4.74 Å². The maximum absolute atomic E-state index is 12.5. The van der Waals surface area contributed by atoms with Gasteiger partial charge in [-0.3, -0.25) is 10.1 Å². The van der Waals surface area contributed by atoms with Gasteiger partial charge >= 0.3 is 0 Å². The van der Waals surface area contributed by atoms with Crippen LogP contribution in [-0.4, -0.2) is 19.6 Å². The Morgan fingerprint density at radius 3 is 2.48 bits per heavy atom. The van der Waals surface area contributed by atoms with Gasteiger partial charge in [-0.05, 0) is 38.1 Å².